The van der Waals surface area contributed by atoms with Crippen LogP contribution in [0.25, 0.3) is 0 Å². The maximum atomic E-state index is 13.6. The van der Waals surface area contributed by atoms with Crippen LogP contribution in [0.1, 0.15) is 12.5 Å². The van der Waals surface area contributed by atoms with Gasteiger partial charge in [0.1, 0.15) is 0 Å². The second-order valence-electron chi connectivity index (χ2n) is 4.22. The average Bonchev–Trinajstić information content (AvgIpc) is 2.45. The number of aromatic nitrogens is 2. The van der Waals surface area contributed by atoms with E-state index in [1.807, 2.05) is 31.2 Å². The maximum Gasteiger partial charge on any atom is 0.224 e. The molecular formula is C14H16ClFN4. The number of nitrogens with one attached hydrogen (secondary N) is 2. The van der Waals surface area contributed by atoms with E-state index in [9.17, 15) is 4.39 Å². The summed E-state index contributed by atoms with van der Waals surface area (Å²) in [5, 5.41) is 6.63. The van der Waals surface area contributed by atoms with E-state index in [1.165, 1.54) is 0 Å². The van der Waals surface area contributed by atoms with E-state index in [0.717, 1.165) is 18.2 Å². The molecule has 1 heterocycles. The lowest BCUT2D eigenvalue weighted by molar-refractivity contribution is 0.617. The summed E-state index contributed by atoms with van der Waals surface area (Å²) in [6, 6.07) is 7.58. The highest BCUT2D eigenvalue weighted by atomic mass is 35.5. The molecule has 1 aromatic carbocycles. The van der Waals surface area contributed by atoms with E-state index in [1.54, 1.807) is 0 Å². The first-order valence-corrected chi connectivity index (χ1v) is 6.81. The Morgan fingerprint density at radius 1 is 1.20 bits per heavy atom. The van der Waals surface area contributed by atoms with Crippen molar-refractivity contribution in [2.45, 2.75) is 13.3 Å². The van der Waals surface area contributed by atoms with Crippen molar-refractivity contribution >= 4 is 23.4 Å². The van der Waals surface area contributed by atoms with Gasteiger partial charge in [-0.1, -0.05) is 23.7 Å². The number of halogens is 2. The van der Waals surface area contributed by atoms with Gasteiger partial charge in [0.25, 0.3) is 0 Å². The van der Waals surface area contributed by atoms with Crippen molar-refractivity contribution in [3.8, 4) is 0 Å². The van der Waals surface area contributed by atoms with Crippen LogP contribution in [0.3, 0.4) is 0 Å². The monoisotopic (exact) mass is 294 g/mol. The zero-order valence-corrected chi connectivity index (χ0v) is 11.9. The number of rotatable bonds is 6. The quantitative estimate of drug-likeness (QED) is 0.858. The van der Waals surface area contributed by atoms with Crippen LogP contribution in [-0.2, 0) is 6.42 Å². The van der Waals surface area contributed by atoms with Gasteiger partial charge in [-0.3, -0.25) is 0 Å². The van der Waals surface area contributed by atoms with Crippen molar-refractivity contribution in [2.75, 3.05) is 23.7 Å². The highest BCUT2D eigenvalue weighted by molar-refractivity contribution is 6.30. The summed E-state index contributed by atoms with van der Waals surface area (Å²) < 4.78 is 13.6. The highest BCUT2D eigenvalue weighted by Crippen LogP contribution is 2.13. The van der Waals surface area contributed by atoms with Gasteiger partial charge in [0, 0.05) is 18.1 Å². The minimum Gasteiger partial charge on any atom is -0.367 e. The number of anilines is 2. The molecule has 20 heavy (non-hydrogen) atoms. The van der Waals surface area contributed by atoms with Crippen LogP contribution in [0.15, 0.2) is 30.5 Å². The summed E-state index contributed by atoms with van der Waals surface area (Å²) in [6.45, 7) is 3.21. The van der Waals surface area contributed by atoms with E-state index < -0.39 is 5.82 Å². The topological polar surface area (TPSA) is 49.8 Å². The van der Waals surface area contributed by atoms with Crippen LogP contribution in [0.5, 0.6) is 0 Å². The molecule has 0 saturated heterocycles. The summed E-state index contributed by atoms with van der Waals surface area (Å²) in [5.41, 5.74) is 1.13. The molecule has 0 aliphatic rings. The SMILES string of the molecule is CCNc1ncc(F)c(NCCc2ccc(Cl)cc2)n1. The van der Waals surface area contributed by atoms with Crippen molar-refractivity contribution in [1.82, 2.24) is 9.97 Å². The zero-order chi connectivity index (χ0) is 14.4. The molecule has 4 nitrogen and oxygen atoms in total. The first-order valence-electron chi connectivity index (χ1n) is 6.43. The third-order valence-electron chi connectivity index (χ3n) is 2.70. The fourth-order valence-corrected chi connectivity index (χ4v) is 1.84. The van der Waals surface area contributed by atoms with Crippen molar-refractivity contribution in [2.24, 2.45) is 0 Å². The third-order valence-corrected chi connectivity index (χ3v) is 2.95. The van der Waals surface area contributed by atoms with Gasteiger partial charge in [-0.25, -0.2) is 9.37 Å². The molecule has 0 aliphatic heterocycles. The second-order valence-corrected chi connectivity index (χ2v) is 4.66. The van der Waals surface area contributed by atoms with Crippen LogP contribution < -0.4 is 10.6 Å². The van der Waals surface area contributed by atoms with Gasteiger partial charge in [0.2, 0.25) is 5.95 Å². The lowest BCUT2D eigenvalue weighted by Crippen LogP contribution is -2.10. The first kappa shape index (κ1) is 14.5. The second kappa shape index (κ2) is 7.05. The number of nitrogens with zero attached hydrogens (tertiary/aromatic N) is 2. The molecule has 0 spiro atoms. The van der Waals surface area contributed by atoms with Crippen molar-refractivity contribution in [3.63, 3.8) is 0 Å². The molecule has 0 aliphatic carbocycles. The molecule has 6 heteroatoms. The third kappa shape index (κ3) is 4.06. The molecule has 0 atom stereocenters. The Balaban J connectivity index is 1.93. The van der Waals surface area contributed by atoms with Crippen molar-refractivity contribution < 1.29 is 4.39 Å². The summed E-state index contributed by atoms with van der Waals surface area (Å²) in [5.74, 6) is 0.176. The zero-order valence-electron chi connectivity index (χ0n) is 11.2. The summed E-state index contributed by atoms with van der Waals surface area (Å²) in [6.07, 6.45) is 1.92. The first-order chi connectivity index (χ1) is 9.69. The van der Waals surface area contributed by atoms with E-state index in [4.69, 9.17) is 11.6 Å². The van der Waals surface area contributed by atoms with E-state index in [0.29, 0.717) is 24.1 Å². The van der Waals surface area contributed by atoms with Gasteiger partial charge in [0.15, 0.2) is 11.6 Å². The standard InChI is InChI=1S/C14H16ClFN4/c1-2-17-14-19-9-12(16)13(20-14)18-8-7-10-3-5-11(15)6-4-10/h3-6,9H,2,7-8H2,1H3,(H2,17,18,19,20). The average molecular weight is 295 g/mol. The van der Waals surface area contributed by atoms with Crippen LogP contribution in [0.4, 0.5) is 16.2 Å². The molecule has 2 N–H and O–H groups in total. The Morgan fingerprint density at radius 3 is 2.65 bits per heavy atom. The Bertz CT molecular complexity index is 560. The molecule has 0 amide bonds. The van der Waals surface area contributed by atoms with Crippen LogP contribution >= 0.6 is 11.6 Å². The molecule has 0 unspecified atom stereocenters. The van der Waals surface area contributed by atoms with Gasteiger partial charge in [-0.05, 0) is 31.0 Å². The molecule has 0 radical (unpaired) electrons. The summed E-state index contributed by atoms with van der Waals surface area (Å²) >= 11 is 5.82. The molecule has 1 aromatic heterocycles. The van der Waals surface area contributed by atoms with Gasteiger partial charge < -0.3 is 10.6 Å². The van der Waals surface area contributed by atoms with Gasteiger partial charge >= 0.3 is 0 Å². The van der Waals surface area contributed by atoms with Crippen LogP contribution in [0, 0.1) is 5.82 Å². The number of benzene rings is 1. The number of hydrogen-bond acceptors (Lipinski definition) is 4. The predicted octanol–water partition coefficient (Wildman–Crippen LogP) is 3.36. The van der Waals surface area contributed by atoms with E-state index >= 15 is 0 Å². The molecule has 0 fully saturated rings. The maximum absolute atomic E-state index is 13.6. The Labute approximate surface area is 122 Å². The molecular weight excluding hydrogens is 279 g/mol. The molecule has 0 saturated carbocycles. The van der Waals surface area contributed by atoms with Gasteiger partial charge in [-0.2, -0.15) is 4.98 Å². The number of hydrogen-bond donors (Lipinski definition) is 2. The Morgan fingerprint density at radius 2 is 1.95 bits per heavy atom. The van der Waals surface area contributed by atoms with E-state index in [-0.39, 0.29) is 5.82 Å². The Hall–Kier alpha value is -1.88. The fourth-order valence-electron chi connectivity index (χ4n) is 1.71. The highest BCUT2D eigenvalue weighted by Gasteiger charge is 2.05. The normalized spacial score (nSPS) is 10.3. The smallest absolute Gasteiger partial charge is 0.224 e. The molecule has 106 valence electrons. The molecule has 2 rings (SSSR count). The lowest BCUT2D eigenvalue weighted by Gasteiger charge is -2.08. The predicted molar refractivity (Wildman–Crippen MR) is 79.8 cm³/mol. The van der Waals surface area contributed by atoms with Crippen LogP contribution in [0.2, 0.25) is 5.02 Å². The van der Waals surface area contributed by atoms with Gasteiger partial charge in [-0.15, -0.1) is 0 Å². The van der Waals surface area contributed by atoms with E-state index in [2.05, 4.69) is 20.6 Å². The fraction of sp³-hybridized carbons (Fsp3) is 0.286. The van der Waals surface area contributed by atoms with Crippen LogP contribution in [-0.4, -0.2) is 23.1 Å². The summed E-state index contributed by atoms with van der Waals surface area (Å²) in [7, 11) is 0. The Kier molecular flexibility index (Phi) is 5.12. The molecule has 0 bridgehead atoms. The molecule has 2 aromatic rings. The van der Waals surface area contributed by atoms with Gasteiger partial charge in [0.05, 0.1) is 6.20 Å². The van der Waals surface area contributed by atoms with Crippen molar-refractivity contribution in [1.29, 1.82) is 0 Å². The van der Waals surface area contributed by atoms with Crippen molar-refractivity contribution in [3.05, 3.63) is 46.9 Å². The minimum absolute atomic E-state index is 0.213. The summed E-state index contributed by atoms with van der Waals surface area (Å²) in [4.78, 5) is 7.93. The minimum atomic E-state index is -0.456. The lowest BCUT2D eigenvalue weighted by atomic mass is 10.1. The largest absolute Gasteiger partial charge is 0.367 e.